The molecule has 1 aliphatic carbocycles. The SMILES string of the molecule is O=C(c1ccc(CN2CCCCC2)cc1)N1C[C@H]2CC=CC[C@H]2C1. The number of piperidine rings is 1. The number of carbonyl (C=O) groups excluding carboxylic acids is 1. The topological polar surface area (TPSA) is 23.6 Å². The van der Waals surface area contributed by atoms with Gasteiger partial charge in [0.05, 0.1) is 0 Å². The third-order valence-electron chi connectivity index (χ3n) is 5.96. The molecule has 128 valence electrons. The van der Waals surface area contributed by atoms with Gasteiger partial charge in [-0.1, -0.05) is 30.7 Å². The molecule has 2 aliphatic heterocycles. The first-order chi connectivity index (χ1) is 11.8. The van der Waals surface area contributed by atoms with E-state index in [2.05, 4.69) is 34.1 Å². The van der Waals surface area contributed by atoms with Gasteiger partial charge in [-0.15, -0.1) is 0 Å². The van der Waals surface area contributed by atoms with Gasteiger partial charge < -0.3 is 4.90 Å². The second-order valence-electron chi connectivity index (χ2n) is 7.71. The number of hydrogen-bond donors (Lipinski definition) is 0. The number of hydrogen-bond acceptors (Lipinski definition) is 2. The second kappa shape index (κ2) is 7.10. The summed E-state index contributed by atoms with van der Waals surface area (Å²) in [6.07, 6.45) is 10.9. The molecule has 2 atom stereocenters. The van der Waals surface area contributed by atoms with Crippen LogP contribution < -0.4 is 0 Å². The molecule has 0 aromatic heterocycles. The van der Waals surface area contributed by atoms with Gasteiger partial charge in [0.2, 0.25) is 0 Å². The first kappa shape index (κ1) is 15.9. The Hall–Kier alpha value is -1.61. The minimum Gasteiger partial charge on any atom is -0.338 e. The average Bonchev–Trinajstić information content (AvgIpc) is 3.07. The standard InChI is InChI=1S/C21H28N2O/c24-21(23-15-19-6-2-3-7-20(19)16-23)18-10-8-17(9-11-18)14-22-12-4-1-5-13-22/h2-3,8-11,19-20H,1,4-7,12-16H2/t19-,20+. The minimum absolute atomic E-state index is 0.217. The van der Waals surface area contributed by atoms with Gasteiger partial charge in [0, 0.05) is 25.2 Å². The van der Waals surface area contributed by atoms with Crippen molar-refractivity contribution in [3.05, 3.63) is 47.5 Å². The summed E-state index contributed by atoms with van der Waals surface area (Å²) in [6.45, 7) is 5.32. The Morgan fingerprint density at radius 1 is 0.917 bits per heavy atom. The Morgan fingerprint density at radius 2 is 1.54 bits per heavy atom. The summed E-state index contributed by atoms with van der Waals surface area (Å²) in [6, 6.07) is 8.35. The van der Waals surface area contributed by atoms with Gasteiger partial charge in [0.25, 0.3) is 5.91 Å². The molecule has 1 aromatic rings. The molecule has 3 nitrogen and oxygen atoms in total. The monoisotopic (exact) mass is 324 g/mol. The van der Waals surface area contributed by atoms with Crippen LogP contribution in [0.5, 0.6) is 0 Å². The van der Waals surface area contributed by atoms with Crippen LogP contribution in [0.1, 0.15) is 48.0 Å². The van der Waals surface area contributed by atoms with Gasteiger partial charge in [0.15, 0.2) is 0 Å². The molecular formula is C21H28N2O. The van der Waals surface area contributed by atoms with E-state index in [0.29, 0.717) is 11.8 Å². The molecule has 1 amide bonds. The fourth-order valence-corrected chi connectivity index (χ4v) is 4.49. The van der Waals surface area contributed by atoms with Gasteiger partial charge in [0.1, 0.15) is 0 Å². The number of benzene rings is 1. The number of fused-ring (bicyclic) bond motifs is 1. The summed E-state index contributed by atoms with van der Waals surface area (Å²) in [5.74, 6) is 1.57. The van der Waals surface area contributed by atoms with Crippen LogP contribution in [0.3, 0.4) is 0 Å². The molecule has 1 aromatic carbocycles. The van der Waals surface area contributed by atoms with E-state index < -0.39 is 0 Å². The molecule has 0 radical (unpaired) electrons. The lowest BCUT2D eigenvalue weighted by atomic mass is 9.86. The average molecular weight is 324 g/mol. The zero-order valence-electron chi connectivity index (χ0n) is 14.5. The molecule has 2 saturated heterocycles. The fraction of sp³-hybridized carbons (Fsp3) is 0.571. The Balaban J connectivity index is 1.36. The molecule has 0 spiro atoms. The third-order valence-corrected chi connectivity index (χ3v) is 5.96. The van der Waals surface area contributed by atoms with Crippen molar-refractivity contribution in [1.82, 2.24) is 9.80 Å². The van der Waals surface area contributed by atoms with Crippen molar-refractivity contribution >= 4 is 5.91 Å². The van der Waals surface area contributed by atoms with Crippen LogP contribution in [0.4, 0.5) is 0 Å². The van der Waals surface area contributed by atoms with Gasteiger partial charge in [-0.2, -0.15) is 0 Å². The first-order valence-electron chi connectivity index (χ1n) is 9.55. The fourth-order valence-electron chi connectivity index (χ4n) is 4.49. The van der Waals surface area contributed by atoms with E-state index >= 15 is 0 Å². The smallest absolute Gasteiger partial charge is 0.253 e. The van der Waals surface area contributed by atoms with E-state index in [1.807, 2.05) is 12.1 Å². The summed E-state index contributed by atoms with van der Waals surface area (Å²) < 4.78 is 0. The second-order valence-corrected chi connectivity index (χ2v) is 7.71. The van der Waals surface area contributed by atoms with E-state index in [1.54, 1.807) is 0 Å². The predicted molar refractivity (Wildman–Crippen MR) is 96.8 cm³/mol. The summed E-state index contributed by atoms with van der Waals surface area (Å²) in [5.41, 5.74) is 2.18. The van der Waals surface area contributed by atoms with E-state index in [4.69, 9.17) is 0 Å². The van der Waals surface area contributed by atoms with Crippen molar-refractivity contribution in [2.75, 3.05) is 26.2 Å². The Morgan fingerprint density at radius 3 is 2.17 bits per heavy atom. The highest BCUT2D eigenvalue weighted by molar-refractivity contribution is 5.94. The van der Waals surface area contributed by atoms with Crippen LogP contribution >= 0.6 is 0 Å². The van der Waals surface area contributed by atoms with Crippen molar-refractivity contribution in [3.8, 4) is 0 Å². The van der Waals surface area contributed by atoms with E-state index in [-0.39, 0.29) is 5.91 Å². The van der Waals surface area contributed by atoms with Crippen molar-refractivity contribution < 1.29 is 4.79 Å². The number of likely N-dealkylation sites (tertiary alicyclic amines) is 2. The van der Waals surface area contributed by atoms with Crippen LogP contribution in [0.2, 0.25) is 0 Å². The molecular weight excluding hydrogens is 296 g/mol. The number of allylic oxidation sites excluding steroid dienone is 2. The number of nitrogens with zero attached hydrogens (tertiary/aromatic N) is 2. The van der Waals surface area contributed by atoms with Crippen molar-refractivity contribution in [2.24, 2.45) is 11.8 Å². The maximum absolute atomic E-state index is 12.8. The lowest BCUT2D eigenvalue weighted by Crippen LogP contribution is -2.30. The largest absolute Gasteiger partial charge is 0.338 e. The maximum atomic E-state index is 12.8. The van der Waals surface area contributed by atoms with Gasteiger partial charge in [-0.25, -0.2) is 0 Å². The molecule has 0 unspecified atom stereocenters. The maximum Gasteiger partial charge on any atom is 0.253 e. The number of amides is 1. The summed E-state index contributed by atoms with van der Waals surface area (Å²) in [7, 11) is 0. The van der Waals surface area contributed by atoms with Crippen LogP contribution in [0.25, 0.3) is 0 Å². The minimum atomic E-state index is 0.217. The molecule has 3 aliphatic rings. The molecule has 0 saturated carbocycles. The molecule has 2 heterocycles. The van der Waals surface area contributed by atoms with Crippen molar-refractivity contribution in [1.29, 1.82) is 0 Å². The first-order valence-corrected chi connectivity index (χ1v) is 9.55. The zero-order valence-corrected chi connectivity index (χ0v) is 14.5. The molecule has 0 bridgehead atoms. The molecule has 2 fully saturated rings. The molecule has 0 N–H and O–H groups in total. The predicted octanol–water partition coefficient (Wildman–Crippen LogP) is 3.71. The summed E-state index contributed by atoms with van der Waals surface area (Å²) in [4.78, 5) is 17.4. The van der Waals surface area contributed by atoms with Crippen LogP contribution in [-0.2, 0) is 6.54 Å². The third kappa shape index (κ3) is 3.41. The number of carbonyl (C=O) groups is 1. The lowest BCUT2D eigenvalue weighted by Gasteiger charge is -2.26. The zero-order chi connectivity index (χ0) is 16.4. The molecule has 3 heteroatoms. The highest BCUT2D eigenvalue weighted by Crippen LogP contribution is 2.33. The van der Waals surface area contributed by atoms with E-state index in [1.165, 1.54) is 37.9 Å². The van der Waals surface area contributed by atoms with Gasteiger partial charge in [-0.3, -0.25) is 9.69 Å². The van der Waals surface area contributed by atoms with Crippen LogP contribution in [0, 0.1) is 11.8 Å². The summed E-state index contributed by atoms with van der Waals surface area (Å²) in [5, 5.41) is 0. The normalized spacial score (nSPS) is 27.2. The lowest BCUT2D eigenvalue weighted by molar-refractivity contribution is 0.0784. The molecule has 24 heavy (non-hydrogen) atoms. The van der Waals surface area contributed by atoms with Gasteiger partial charge >= 0.3 is 0 Å². The Bertz CT molecular complexity index is 585. The van der Waals surface area contributed by atoms with Crippen molar-refractivity contribution in [2.45, 2.75) is 38.6 Å². The van der Waals surface area contributed by atoms with Crippen LogP contribution in [0.15, 0.2) is 36.4 Å². The quantitative estimate of drug-likeness (QED) is 0.791. The van der Waals surface area contributed by atoms with Crippen LogP contribution in [-0.4, -0.2) is 41.9 Å². The summed E-state index contributed by atoms with van der Waals surface area (Å²) >= 11 is 0. The van der Waals surface area contributed by atoms with Gasteiger partial charge in [-0.05, 0) is 68.3 Å². The Kier molecular flexibility index (Phi) is 4.70. The Labute approximate surface area is 145 Å². The van der Waals surface area contributed by atoms with E-state index in [9.17, 15) is 4.79 Å². The molecule has 4 rings (SSSR count). The van der Waals surface area contributed by atoms with Crippen molar-refractivity contribution in [3.63, 3.8) is 0 Å². The van der Waals surface area contributed by atoms with E-state index in [0.717, 1.165) is 38.0 Å². The highest BCUT2D eigenvalue weighted by atomic mass is 16.2. The number of rotatable bonds is 3. The highest BCUT2D eigenvalue weighted by Gasteiger charge is 2.35.